The number of hydrogen-bond donors (Lipinski definition) is 2. The number of benzene rings is 1. The van der Waals surface area contributed by atoms with Gasteiger partial charge < -0.3 is 11.1 Å². The van der Waals surface area contributed by atoms with Gasteiger partial charge in [0.25, 0.3) is 0 Å². The van der Waals surface area contributed by atoms with E-state index in [1.807, 2.05) is 0 Å². The van der Waals surface area contributed by atoms with Crippen molar-refractivity contribution in [2.24, 2.45) is 11.1 Å². The fourth-order valence-corrected chi connectivity index (χ4v) is 2.50. The summed E-state index contributed by atoms with van der Waals surface area (Å²) < 4.78 is 0. The molecular formula is C19H32N2O. The molecule has 1 aromatic rings. The molecule has 0 saturated carbocycles. The van der Waals surface area contributed by atoms with Crippen molar-refractivity contribution >= 4 is 6.03 Å². The summed E-state index contributed by atoms with van der Waals surface area (Å²) >= 11 is 0. The van der Waals surface area contributed by atoms with Crippen LogP contribution in [-0.2, 0) is 5.41 Å². The molecule has 1 unspecified atom stereocenters. The molecular weight excluding hydrogens is 272 g/mol. The molecule has 0 aliphatic carbocycles. The summed E-state index contributed by atoms with van der Waals surface area (Å²) in [7, 11) is 0. The Kier molecular flexibility index (Phi) is 6.04. The predicted molar refractivity (Wildman–Crippen MR) is 93.9 cm³/mol. The second kappa shape index (κ2) is 7.17. The first-order chi connectivity index (χ1) is 10.1. The fourth-order valence-electron chi connectivity index (χ4n) is 2.50. The van der Waals surface area contributed by atoms with Gasteiger partial charge in [-0.1, -0.05) is 72.2 Å². The van der Waals surface area contributed by atoms with Crippen LogP contribution < -0.4 is 11.1 Å². The number of hydrogen-bond acceptors (Lipinski definition) is 1. The molecule has 3 N–H and O–H groups in total. The number of nitrogens with one attached hydrogen (secondary N) is 1. The second-order valence-electron chi connectivity index (χ2n) is 7.65. The number of primary amides is 1. The largest absolute Gasteiger partial charge is 0.352 e. The first kappa shape index (κ1) is 18.5. The lowest BCUT2D eigenvalue weighted by atomic mass is 9.78. The molecule has 2 amide bonds. The molecule has 3 heteroatoms. The molecule has 0 spiro atoms. The van der Waals surface area contributed by atoms with Crippen LogP contribution in [0, 0.1) is 5.41 Å². The minimum Gasteiger partial charge on any atom is -0.352 e. The van der Waals surface area contributed by atoms with Crippen molar-refractivity contribution in [3.8, 4) is 0 Å². The van der Waals surface area contributed by atoms with Crippen LogP contribution in [0.2, 0.25) is 0 Å². The number of amides is 2. The standard InChI is InChI=1S/C19H32N2O/c1-7-18(3,4)13-16(21-17(20)22)14-10-9-11-15(12-14)19(5,6)8-2/h9-12,16H,7-8,13H2,1-6H3,(H3,20,21,22). The van der Waals surface area contributed by atoms with Crippen LogP contribution in [0.3, 0.4) is 0 Å². The van der Waals surface area contributed by atoms with Crippen molar-refractivity contribution < 1.29 is 4.79 Å². The second-order valence-corrected chi connectivity index (χ2v) is 7.65. The van der Waals surface area contributed by atoms with Gasteiger partial charge >= 0.3 is 6.03 Å². The Balaban J connectivity index is 3.14. The van der Waals surface area contributed by atoms with E-state index >= 15 is 0 Å². The van der Waals surface area contributed by atoms with Gasteiger partial charge in [-0.05, 0) is 34.8 Å². The summed E-state index contributed by atoms with van der Waals surface area (Å²) in [6.45, 7) is 13.3. The van der Waals surface area contributed by atoms with Gasteiger partial charge in [-0.25, -0.2) is 4.79 Å². The zero-order valence-corrected chi connectivity index (χ0v) is 15.0. The van der Waals surface area contributed by atoms with E-state index < -0.39 is 6.03 Å². The third kappa shape index (κ3) is 5.04. The van der Waals surface area contributed by atoms with Crippen LogP contribution in [0.25, 0.3) is 0 Å². The van der Waals surface area contributed by atoms with Gasteiger partial charge in [0.05, 0.1) is 6.04 Å². The van der Waals surface area contributed by atoms with Crippen LogP contribution in [0.15, 0.2) is 24.3 Å². The molecule has 0 saturated heterocycles. The third-order valence-corrected chi connectivity index (χ3v) is 4.98. The molecule has 0 aromatic heterocycles. The number of urea groups is 1. The van der Waals surface area contributed by atoms with E-state index in [-0.39, 0.29) is 16.9 Å². The monoisotopic (exact) mass is 304 g/mol. The first-order valence-electron chi connectivity index (χ1n) is 8.27. The average Bonchev–Trinajstić information content (AvgIpc) is 2.46. The normalized spacial score (nSPS) is 13.7. The highest BCUT2D eigenvalue weighted by atomic mass is 16.2. The SMILES string of the molecule is CCC(C)(C)CC(NC(N)=O)c1cccc(C(C)(C)CC)c1. The van der Waals surface area contributed by atoms with Crippen molar-refractivity contribution in [3.63, 3.8) is 0 Å². The molecule has 3 nitrogen and oxygen atoms in total. The van der Waals surface area contributed by atoms with Gasteiger partial charge in [0, 0.05) is 0 Å². The van der Waals surface area contributed by atoms with Crippen LogP contribution in [0.5, 0.6) is 0 Å². The first-order valence-corrected chi connectivity index (χ1v) is 8.27. The van der Waals surface area contributed by atoms with E-state index in [1.165, 1.54) is 5.56 Å². The Morgan fingerprint density at radius 1 is 1.18 bits per heavy atom. The van der Waals surface area contributed by atoms with Crippen LogP contribution in [0.4, 0.5) is 4.79 Å². The average molecular weight is 304 g/mol. The van der Waals surface area contributed by atoms with Gasteiger partial charge in [-0.3, -0.25) is 0 Å². The van der Waals surface area contributed by atoms with Crippen molar-refractivity contribution in [2.75, 3.05) is 0 Å². The fraction of sp³-hybridized carbons (Fsp3) is 0.632. The molecule has 124 valence electrons. The van der Waals surface area contributed by atoms with E-state index in [0.717, 1.165) is 24.8 Å². The van der Waals surface area contributed by atoms with Crippen LogP contribution >= 0.6 is 0 Å². The summed E-state index contributed by atoms with van der Waals surface area (Å²) in [5, 5.41) is 2.92. The summed E-state index contributed by atoms with van der Waals surface area (Å²) in [5.74, 6) is 0. The van der Waals surface area contributed by atoms with Gasteiger partial charge in [-0.2, -0.15) is 0 Å². The number of rotatable bonds is 7. The lowest BCUT2D eigenvalue weighted by Gasteiger charge is -2.30. The molecule has 0 aliphatic heterocycles. The Bertz CT molecular complexity index is 506. The van der Waals surface area contributed by atoms with Gasteiger partial charge in [0.2, 0.25) is 0 Å². The summed E-state index contributed by atoms with van der Waals surface area (Å²) in [5.41, 5.74) is 8.12. The Hall–Kier alpha value is -1.51. The zero-order chi connectivity index (χ0) is 17.0. The van der Waals surface area contributed by atoms with E-state index in [4.69, 9.17) is 5.73 Å². The lowest BCUT2D eigenvalue weighted by Crippen LogP contribution is -2.35. The number of carbonyl (C=O) groups excluding carboxylic acids is 1. The smallest absolute Gasteiger partial charge is 0.312 e. The maximum absolute atomic E-state index is 11.4. The zero-order valence-electron chi connectivity index (χ0n) is 15.0. The van der Waals surface area contributed by atoms with Crippen LogP contribution in [0.1, 0.15) is 78.0 Å². The maximum Gasteiger partial charge on any atom is 0.312 e. The molecule has 0 fully saturated rings. The van der Waals surface area contributed by atoms with E-state index in [2.05, 4.69) is 71.1 Å². The molecule has 22 heavy (non-hydrogen) atoms. The highest BCUT2D eigenvalue weighted by Crippen LogP contribution is 2.34. The minimum absolute atomic E-state index is 0.0416. The number of carbonyl (C=O) groups is 1. The summed E-state index contributed by atoms with van der Waals surface area (Å²) in [6, 6.07) is 8.05. The van der Waals surface area contributed by atoms with Crippen molar-refractivity contribution in [1.29, 1.82) is 0 Å². The van der Waals surface area contributed by atoms with E-state index in [1.54, 1.807) is 0 Å². The predicted octanol–water partition coefficient (Wildman–Crippen LogP) is 4.91. The van der Waals surface area contributed by atoms with Crippen molar-refractivity contribution in [1.82, 2.24) is 5.32 Å². The molecule has 0 radical (unpaired) electrons. The Morgan fingerprint density at radius 3 is 2.32 bits per heavy atom. The van der Waals surface area contributed by atoms with Gasteiger partial charge in [0.15, 0.2) is 0 Å². The Morgan fingerprint density at radius 2 is 1.82 bits per heavy atom. The molecule has 0 aliphatic rings. The van der Waals surface area contributed by atoms with Crippen LogP contribution in [-0.4, -0.2) is 6.03 Å². The lowest BCUT2D eigenvalue weighted by molar-refractivity contribution is 0.233. The molecule has 1 rings (SSSR count). The molecule has 0 bridgehead atoms. The van der Waals surface area contributed by atoms with Gasteiger partial charge in [0.1, 0.15) is 0 Å². The quantitative estimate of drug-likeness (QED) is 0.739. The third-order valence-electron chi connectivity index (χ3n) is 4.98. The number of nitrogens with two attached hydrogens (primary N) is 1. The minimum atomic E-state index is -0.461. The summed E-state index contributed by atoms with van der Waals surface area (Å²) in [4.78, 5) is 11.4. The van der Waals surface area contributed by atoms with E-state index in [0.29, 0.717) is 0 Å². The highest BCUT2D eigenvalue weighted by molar-refractivity contribution is 5.72. The maximum atomic E-state index is 11.4. The highest BCUT2D eigenvalue weighted by Gasteiger charge is 2.25. The van der Waals surface area contributed by atoms with E-state index in [9.17, 15) is 4.79 Å². The summed E-state index contributed by atoms with van der Waals surface area (Å²) in [6.07, 6.45) is 3.01. The molecule has 1 aromatic carbocycles. The van der Waals surface area contributed by atoms with Gasteiger partial charge in [-0.15, -0.1) is 0 Å². The topological polar surface area (TPSA) is 55.1 Å². The van der Waals surface area contributed by atoms with Crippen molar-refractivity contribution in [3.05, 3.63) is 35.4 Å². The van der Waals surface area contributed by atoms with Crippen molar-refractivity contribution in [2.45, 2.75) is 72.3 Å². The Labute approximate surface area is 135 Å². The molecule has 1 atom stereocenters. The molecule has 0 heterocycles.